The molecule has 0 aromatic heterocycles. The van der Waals surface area contributed by atoms with E-state index >= 15 is 0 Å². The summed E-state index contributed by atoms with van der Waals surface area (Å²) < 4.78 is 13.8. The lowest BCUT2D eigenvalue weighted by Crippen LogP contribution is -2.02. The highest BCUT2D eigenvalue weighted by Gasteiger charge is 2.28. The van der Waals surface area contributed by atoms with E-state index in [-0.39, 0.29) is 5.82 Å². The summed E-state index contributed by atoms with van der Waals surface area (Å²) in [6, 6.07) is 4.59. The van der Waals surface area contributed by atoms with Gasteiger partial charge in [-0.3, -0.25) is 4.79 Å². The molecule has 0 spiro atoms. The maximum Gasteiger partial charge on any atom is 0.136 e. The minimum atomic E-state index is -0.243. The molecule has 0 N–H and O–H groups in total. The summed E-state index contributed by atoms with van der Waals surface area (Å²) in [5.74, 6) is 0.385. The second-order valence-electron chi connectivity index (χ2n) is 3.98. The Morgan fingerprint density at radius 1 is 1.47 bits per heavy atom. The minimum Gasteiger partial charge on any atom is -0.299 e. The van der Waals surface area contributed by atoms with Crippen molar-refractivity contribution in [3.63, 3.8) is 0 Å². The molecule has 1 nitrogen and oxygen atoms in total. The molecule has 1 aromatic rings. The first-order valence-corrected chi connectivity index (χ1v) is 5.93. The lowest BCUT2D eigenvalue weighted by atomic mass is 10.1. The zero-order valence-corrected chi connectivity index (χ0v) is 9.89. The summed E-state index contributed by atoms with van der Waals surface area (Å²) in [7, 11) is 0. The standard InChI is InChI=1S/C12H12BrFO/c13-11-5-4-10(14)7-9(11)3-6-12(15)8-1-2-8/h4-5,7-8H,1-3,6H2. The third-order valence-corrected chi connectivity index (χ3v) is 3.45. The molecule has 2 rings (SSSR count). The first-order chi connectivity index (χ1) is 7.16. The number of hydrogen-bond donors (Lipinski definition) is 0. The minimum absolute atomic E-state index is 0.243. The van der Waals surface area contributed by atoms with Crippen LogP contribution in [0.15, 0.2) is 22.7 Å². The van der Waals surface area contributed by atoms with E-state index in [2.05, 4.69) is 15.9 Å². The molecule has 1 saturated carbocycles. The molecule has 0 heterocycles. The molecule has 0 bridgehead atoms. The molecule has 1 fully saturated rings. The van der Waals surface area contributed by atoms with Gasteiger partial charge in [-0.1, -0.05) is 15.9 Å². The van der Waals surface area contributed by atoms with Crippen molar-refractivity contribution in [3.05, 3.63) is 34.1 Å². The molecule has 1 aromatic carbocycles. The van der Waals surface area contributed by atoms with Crippen molar-refractivity contribution < 1.29 is 9.18 Å². The zero-order valence-electron chi connectivity index (χ0n) is 8.30. The highest BCUT2D eigenvalue weighted by Crippen LogP contribution is 2.31. The maximum absolute atomic E-state index is 12.9. The second-order valence-corrected chi connectivity index (χ2v) is 4.83. The molecule has 1 aliphatic rings. The summed E-state index contributed by atoms with van der Waals surface area (Å²) in [6.07, 6.45) is 3.26. The average Bonchev–Trinajstić information content (AvgIpc) is 3.02. The van der Waals surface area contributed by atoms with E-state index in [1.807, 2.05) is 0 Å². The molecule has 15 heavy (non-hydrogen) atoms. The molecule has 0 amide bonds. The highest BCUT2D eigenvalue weighted by molar-refractivity contribution is 9.10. The molecule has 0 saturated heterocycles. The molecule has 3 heteroatoms. The van der Waals surface area contributed by atoms with Gasteiger partial charge in [0.05, 0.1) is 0 Å². The van der Waals surface area contributed by atoms with Crippen molar-refractivity contribution in [1.29, 1.82) is 0 Å². The fraction of sp³-hybridized carbons (Fsp3) is 0.417. The third-order valence-electron chi connectivity index (χ3n) is 2.68. The Kier molecular flexibility index (Phi) is 3.19. The SMILES string of the molecule is O=C(CCc1cc(F)ccc1Br)C1CC1. The van der Waals surface area contributed by atoms with Gasteiger partial charge in [0.25, 0.3) is 0 Å². The van der Waals surface area contributed by atoms with Crippen molar-refractivity contribution in [2.24, 2.45) is 5.92 Å². The number of hydrogen-bond acceptors (Lipinski definition) is 1. The Hall–Kier alpha value is -0.700. The van der Waals surface area contributed by atoms with E-state index in [1.165, 1.54) is 12.1 Å². The monoisotopic (exact) mass is 270 g/mol. The van der Waals surface area contributed by atoms with Crippen LogP contribution in [0.2, 0.25) is 0 Å². The van der Waals surface area contributed by atoms with Crippen molar-refractivity contribution >= 4 is 21.7 Å². The lowest BCUT2D eigenvalue weighted by molar-refractivity contribution is -0.120. The summed E-state index contributed by atoms with van der Waals surface area (Å²) in [6.45, 7) is 0. The van der Waals surface area contributed by atoms with Gasteiger partial charge in [0.1, 0.15) is 11.6 Å². The van der Waals surface area contributed by atoms with Crippen LogP contribution in [0, 0.1) is 11.7 Å². The van der Waals surface area contributed by atoms with Crippen molar-refractivity contribution in [2.75, 3.05) is 0 Å². The Balaban J connectivity index is 1.97. The number of aryl methyl sites for hydroxylation is 1. The Labute approximate surface area is 96.8 Å². The molecule has 0 atom stereocenters. The van der Waals surface area contributed by atoms with Crippen LogP contribution in [0.25, 0.3) is 0 Å². The third kappa shape index (κ3) is 2.88. The maximum atomic E-state index is 12.9. The largest absolute Gasteiger partial charge is 0.299 e. The quantitative estimate of drug-likeness (QED) is 0.819. The molecule has 1 aliphatic carbocycles. The highest BCUT2D eigenvalue weighted by atomic mass is 79.9. The topological polar surface area (TPSA) is 17.1 Å². The van der Waals surface area contributed by atoms with Gasteiger partial charge in [0, 0.05) is 16.8 Å². The summed E-state index contributed by atoms with van der Waals surface area (Å²) in [4.78, 5) is 11.5. The molecule has 0 unspecified atom stereocenters. The number of Topliss-reactive ketones (excluding diaryl/α,β-unsaturated/α-hetero) is 1. The van der Waals surface area contributed by atoms with Crippen LogP contribution in [-0.4, -0.2) is 5.78 Å². The van der Waals surface area contributed by atoms with Crippen LogP contribution in [0.3, 0.4) is 0 Å². The molecule has 0 radical (unpaired) electrons. The van der Waals surface area contributed by atoms with Gasteiger partial charge in [-0.25, -0.2) is 4.39 Å². The molecule has 80 valence electrons. The van der Waals surface area contributed by atoms with Crippen LogP contribution in [0.5, 0.6) is 0 Å². The number of ketones is 1. The van der Waals surface area contributed by atoms with Gasteiger partial charge in [0.15, 0.2) is 0 Å². The van der Waals surface area contributed by atoms with Gasteiger partial charge >= 0.3 is 0 Å². The summed E-state index contributed by atoms with van der Waals surface area (Å²) >= 11 is 3.36. The first kappa shape index (κ1) is 10.8. The smallest absolute Gasteiger partial charge is 0.136 e. The van der Waals surface area contributed by atoms with E-state index in [1.54, 1.807) is 6.07 Å². The van der Waals surface area contributed by atoms with Gasteiger partial charge in [0.2, 0.25) is 0 Å². The Morgan fingerprint density at radius 2 is 2.20 bits per heavy atom. The number of carbonyl (C=O) groups excluding carboxylic acids is 1. The van der Waals surface area contributed by atoms with Crippen LogP contribution >= 0.6 is 15.9 Å². The molecule has 0 aliphatic heterocycles. The van der Waals surface area contributed by atoms with Crippen LogP contribution in [0.1, 0.15) is 24.8 Å². The first-order valence-electron chi connectivity index (χ1n) is 5.13. The van der Waals surface area contributed by atoms with Gasteiger partial charge < -0.3 is 0 Å². The number of rotatable bonds is 4. The average molecular weight is 271 g/mol. The van der Waals surface area contributed by atoms with Gasteiger partial charge in [-0.05, 0) is 43.0 Å². The number of halogens is 2. The molecular weight excluding hydrogens is 259 g/mol. The second kappa shape index (κ2) is 4.44. The summed E-state index contributed by atoms with van der Waals surface area (Å²) in [5, 5.41) is 0. The predicted octanol–water partition coefficient (Wildman–Crippen LogP) is 3.50. The van der Waals surface area contributed by atoms with Crippen LogP contribution < -0.4 is 0 Å². The lowest BCUT2D eigenvalue weighted by Gasteiger charge is -2.03. The van der Waals surface area contributed by atoms with Crippen LogP contribution in [0.4, 0.5) is 4.39 Å². The zero-order chi connectivity index (χ0) is 10.8. The van der Waals surface area contributed by atoms with E-state index < -0.39 is 0 Å². The van der Waals surface area contributed by atoms with Crippen molar-refractivity contribution in [1.82, 2.24) is 0 Å². The fourth-order valence-electron chi connectivity index (χ4n) is 1.60. The van der Waals surface area contributed by atoms with Gasteiger partial charge in [-0.2, -0.15) is 0 Å². The van der Waals surface area contributed by atoms with E-state index in [4.69, 9.17) is 0 Å². The van der Waals surface area contributed by atoms with E-state index in [0.717, 1.165) is 22.9 Å². The van der Waals surface area contributed by atoms with Gasteiger partial charge in [-0.15, -0.1) is 0 Å². The number of benzene rings is 1. The number of carbonyl (C=O) groups is 1. The van der Waals surface area contributed by atoms with Crippen LogP contribution in [-0.2, 0) is 11.2 Å². The van der Waals surface area contributed by atoms with Crippen molar-refractivity contribution in [3.8, 4) is 0 Å². The Morgan fingerprint density at radius 3 is 2.87 bits per heavy atom. The molecular formula is C12H12BrFO. The summed E-state index contributed by atoms with van der Waals surface area (Å²) in [5.41, 5.74) is 0.879. The van der Waals surface area contributed by atoms with Crippen molar-refractivity contribution in [2.45, 2.75) is 25.7 Å². The van der Waals surface area contributed by atoms with E-state index in [9.17, 15) is 9.18 Å². The normalized spacial score (nSPS) is 15.3. The Bertz CT molecular complexity index is 385. The fourth-order valence-corrected chi connectivity index (χ4v) is 2.05. The van der Waals surface area contributed by atoms with E-state index in [0.29, 0.717) is 24.5 Å². The predicted molar refractivity (Wildman–Crippen MR) is 60.2 cm³/mol.